The fraction of sp³-hybridized carbons (Fsp3) is 0.289. The van der Waals surface area contributed by atoms with Crippen LogP contribution in [0.15, 0.2) is 133 Å². The number of carbonyl (C=O) groups is 2. The number of nitrogens with zero attached hydrogens (tertiary/aromatic N) is 1. The van der Waals surface area contributed by atoms with Crippen molar-refractivity contribution in [1.82, 2.24) is 15.7 Å². The van der Waals surface area contributed by atoms with Crippen molar-refractivity contribution in [3.05, 3.63) is 167 Å². The lowest BCUT2D eigenvalue weighted by Crippen LogP contribution is -2.39. The Hall–Kier alpha value is -5.16. The monoisotopic (exact) mass is 727 g/mol. The normalized spacial score (nSPS) is 16.9. The van der Waals surface area contributed by atoms with Gasteiger partial charge in [0.15, 0.2) is 6.29 Å². The van der Waals surface area contributed by atoms with Crippen LogP contribution in [-0.2, 0) is 45.3 Å². The van der Waals surface area contributed by atoms with E-state index >= 15 is 0 Å². The Kier molecular flexibility index (Phi) is 14.1. The van der Waals surface area contributed by atoms with Gasteiger partial charge in [-0.2, -0.15) is 0 Å². The summed E-state index contributed by atoms with van der Waals surface area (Å²) in [6, 6.07) is 45.4. The molecule has 4 N–H and O–H groups in total. The number of ether oxygens (including phenoxy) is 2. The van der Waals surface area contributed by atoms with Gasteiger partial charge in [-0.3, -0.25) is 19.7 Å². The standard InChI is InChI=1S/C45H49N3O6/c49-32-35-18-20-38(21-19-35)42-27-41(31-48(29-33-10-3-1-4-11-33)30-34-12-5-2-6-13-34)53-45(54-42)39-24-22-37(23-25-39)40-15-9-14-36(26-40)28-46-43(50)16-7-8-17-44(51)47-52/h1-6,9-15,18-26,41-42,45,49,52H,7-8,16-17,27-32H2,(H,46,50)(H,47,51)/t41-,42+,45+/m1/s1. The van der Waals surface area contributed by atoms with Crippen LogP contribution in [0.4, 0.5) is 0 Å². The molecule has 0 aliphatic carbocycles. The van der Waals surface area contributed by atoms with Gasteiger partial charge in [0.1, 0.15) is 0 Å². The van der Waals surface area contributed by atoms with Crippen LogP contribution in [0, 0.1) is 0 Å². The summed E-state index contributed by atoms with van der Waals surface area (Å²) >= 11 is 0. The third-order valence-corrected chi connectivity index (χ3v) is 9.69. The molecule has 0 aromatic heterocycles. The number of rotatable bonds is 17. The summed E-state index contributed by atoms with van der Waals surface area (Å²) in [4.78, 5) is 26.0. The van der Waals surface area contributed by atoms with Gasteiger partial charge in [0.25, 0.3) is 0 Å². The Morgan fingerprint density at radius 2 is 1.26 bits per heavy atom. The van der Waals surface area contributed by atoms with E-state index < -0.39 is 12.2 Å². The minimum Gasteiger partial charge on any atom is -0.392 e. The summed E-state index contributed by atoms with van der Waals surface area (Å²) in [6.45, 7) is 2.70. The molecule has 1 fully saturated rings. The maximum absolute atomic E-state index is 12.4. The number of amides is 2. The van der Waals surface area contributed by atoms with Crippen molar-refractivity contribution in [3.8, 4) is 11.1 Å². The summed E-state index contributed by atoms with van der Waals surface area (Å²) < 4.78 is 13.4. The van der Waals surface area contributed by atoms with E-state index in [2.05, 4.69) is 95.1 Å². The maximum atomic E-state index is 12.4. The minimum atomic E-state index is -0.574. The Bertz CT molecular complexity index is 1860. The molecule has 1 saturated heterocycles. The molecule has 0 bridgehead atoms. The molecule has 0 unspecified atom stereocenters. The quantitative estimate of drug-likeness (QED) is 0.0439. The smallest absolute Gasteiger partial charge is 0.243 e. The Labute approximate surface area is 317 Å². The van der Waals surface area contributed by atoms with Gasteiger partial charge in [-0.25, -0.2) is 5.48 Å². The highest BCUT2D eigenvalue weighted by molar-refractivity contribution is 5.76. The molecule has 0 radical (unpaired) electrons. The molecule has 1 heterocycles. The van der Waals surface area contributed by atoms with E-state index in [9.17, 15) is 14.7 Å². The molecular weight excluding hydrogens is 679 g/mol. The Morgan fingerprint density at radius 1 is 0.648 bits per heavy atom. The SMILES string of the molecule is O=C(CCCCC(=O)NCc1cccc(-c2ccc([C@H]3O[C@@H](CN(Cc4ccccc4)Cc4ccccc4)C[C@@H](c4ccc(CO)cc4)O3)cc2)c1)NO. The zero-order valence-electron chi connectivity index (χ0n) is 30.5. The number of hydrogen-bond donors (Lipinski definition) is 4. The highest BCUT2D eigenvalue weighted by Crippen LogP contribution is 2.39. The maximum Gasteiger partial charge on any atom is 0.243 e. The zero-order valence-corrected chi connectivity index (χ0v) is 30.5. The first-order chi connectivity index (χ1) is 26.4. The van der Waals surface area contributed by atoms with E-state index in [4.69, 9.17) is 14.7 Å². The highest BCUT2D eigenvalue weighted by Gasteiger charge is 2.33. The summed E-state index contributed by atoms with van der Waals surface area (Å²) in [5.74, 6) is -0.524. The molecule has 5 aromatic rings. The van der Waals surface area contributed by atoms with Gasteiger partial charge in [0.2, 0.25) is 11.8 Å². The minimum absolute atomic E-state index is 0.00691. The lowest BCUT2D eigenvalue weighted by Gasteiger charge is -2.38. The lowest BCUT2D eigenvalue weighted by molar-refractivity contribution is -0.253. The fourth-order valence-corrected chi connectivity index (χ4v) is 6.80. The topological polar surface area (TPSA) is 120 Å². The van der Waals surface area contributed by atoms with Crippen molar-refractivity contribution in [1.29, 1.82) is 0 Å². The van der Waals surface area contributed by atoms with Crippen molar-refractivity contribution in [2.75, 3.05) is 6.54 Å². The van der Waals surface area contributed by atoms with Crippen LogP contribution in [0.3, 0.4) is 0 Å². The Morgan fingerprint density at radius 3 is 1.89 bits per heavy atom. The predicted octanol–water partition coefficient (Wildman–Crippen LogP) is 7.78. The molecule has 1 aliphatic heterocycles. The average molecular weight is 728 g/mol. The Balaban J connectivity index is 1.15. The number of hydrogen-bond acceptors (Lipinski definition) is 7. The largest absolute Gasteiger partial charge is 0.392 e. The van der Waals surface area contributed by atoms with Crippen molar-refractivity contribution >= 4 is 11.8 Å². The van der Waals surface area contributed by atoms with Gasteiger partial charge in [-0.15, -0.1) is 0 Å². The van der Waals surface area contributed by atoms with E-state index in [-0.39, 0.29) is 31.1 Å². The third kappa shape index (κ3) is 11.4. The van der Waals surface area contributed by atoms with Gasteiger partial charge in [0, 0.05) is 51.0 Å². The molecule has 3 atom stereocenters. The number of hydroxylamine groups is 1. The first-order valence-corrected chi connectivity index (χ1v) is 18.7. The molecule has 9 nitrogen and oxygen atoms in total. The second-order valence-corrected chi connectivity index (χ2v) is 13.8. The molecule has 9 heteroatoms. The number of nitrogens with one attached hydrogen (secondary N) is 2. The molecule has 1 aliphatic rings. The molecule has 6 rings (SSSR count). The summed E-state index contributed by atoms with van der Waals surface area (Å²) in [5, 5.41) is 21.2. The number of benzene rings is 5. The molecule has 54 heavy (non-hydrogen) atoms. The van der Waals surface area contributed by atoms with E-state index in [0.29, 0.717) is 32.2 Å². The van der Waals surface area contributed by atoms with Crippen molar-refractivity contribution < 1.29 is 29.4 Å². The van der Waals surface area contributed by atoms with Crippen LogP contribution in [0.2, 0.25) is 0 Å². The molecular formula is C45H49N3O6. The van der Waals surface area contributed by atoms with Gasteiger partial charge >= 0.3 is 0 Å². The van der Waals surface area contributed by atoms with E-state index in [0.717, 1.165) is 53.0 Å². The lowest BCUT2D eigenvalue weighted by atomic mass is 9.98. The summed E-state index contributed by atoms with van der Waals surface area (Å²) in [7, 11) is 0. The van der Waals surface area contributed by atoms with Gasteiger partial charge in [-0.05, 0) is 57.9 Å². The first kappa shape index (κ1) is 38.6. The van der Waals surface area contributed by atoms with Gasteiger partial charge in [0.05, 0.1) is 18.8 Å². The first-order valence-electron chi connectivity index (χ1n) is 18.7. The van der Waals surface area contributed by atoms with Crippen LogP contribution in [0.1, 0.15) is 77.9 Å². The average Bonchev–Trinajstić information content (AvgIpc) is 3.22. The van der Waals surface area contributed by atoms with Gasteiger partial charge in [-0.1, -0.05) is 127 Å². The van der Waals surface area contributed by atoms with E-state index in [1.807, 2.05) is 48.5 Å². The highest BCUT2D eigenvalue weighted by atomic mass is 16.7. The van der Waals surface area contributed by atoms with Crippen LogP contribution in [0.5, 0.6) is 0 Å². The van der Waals surface area contributed by atoms with E-state index in [1.165, 1.54) is 11.1 Å². The molecule has 0 spiro atoms. The second-order valence-electron chi connectivity index (χ2n) is 13.8. The molecule has 5 aromatic carbocycles. The molecule has 280 valence electrons. The van der Waals surface area contributed by atoms with Crippen molar-refractivity contribution in [2.24, 2.45) is 0 Å². The van der Waals surface area contributed by atoms with Crippen molar-refractivity contribution in [2.45, 2.75) is 76.8 Å². The van der Waals surface area contributed by atoms with Crippen LogP contribution in [0.25, 0.3) is 11.1 Å². The predicted molar refractivity (Wildman–Crippen MR) is 208 cm³/mol. The van der Waals surface area contributed by atoms with Gasteiger partial charge < -0.3 is 19.9 Å². The second kappa shape index (κ2) is 19.8. The number of aliphatic hydroxyl groups excluding tert-OH is 1. The van der Waals surface area contributed by atoms with Crippen LogP contribution < -0.4 is 10.8 Å². The van der Waals surface area contributed by atoms with Crippen LogP contribution >= 0.6 is 0 Å². The summed E-state index contributed by atoms with van der Waals surface area (Å²) in [6.07, 6.45) is 1.42. The zero-order chi connectivity index (χ0) is 37.5. The van der Waals surface area contributed by atoms with Crippen LogP contribution in [-0.4, -0.2) is 39.7 Å². The molecule has 2 amide bonds. The molecule has 0 saturated carbocycles. The number of carbonyl (C=O) groups excluding carboxylic acids is 2. The third-order valence-electron chi connectivity index (χ3n) is 9.69. The van der Waals surface area contributed by atoms with E-state index in [1.54, 1.807) is 5.48 Å². The number of unbranched alkanes of at least 4 members (excludes halogenated alkanes) is 1. The fourth-order valence-electron chi connectivity index (χ4n) is 6.80. The van der Waals surface area contributed by atoms with Crippen molar-refractivity contribution in [3.63, 3.8) is 0 Å². The number of aliphatic hydroxyl groups is 1. The summed E-state index contributed by atoms with van der Waals surface area (Å²) in [5.41, 5.74) is 10.0.